The lowest BCUT2D eigenvalue weighted by Gasteiger charge is -2.23. The molecule has 0 spiro atoms. The van der Waals surface area contributed by atoms with E-state index in [-0.39, 0.29) is 18.8 Å². The van der Waals surface area contributed by atoms with Crippen LogP contribution in [0, 0.1) is 0 Å². The van der Waals surface area contributed by atoms with E-state index in [0.717, 1.165) is 0 Å². The summed E-state index contributed by atoms with van der Waals surface area (Å²) in [7, 11) is 0. The molecule has 5 nitrogen and oxygen atoms in total. The molecule has 0 amide bonds. The summed E-state index contributed by atoms with van der Waals surface area (Å²) in [5, 5.41) is 2.77. The van der Waals surface area contributed by atoms with Gasteiger partial charge in [-0.25, -0.2) is 0 Å². The van der Waals surface area contributed by atoms with Crippen molar-refractivity contribution in [1.82, 2.24) is 0 Å². The van der Waals surface area contributed by atoms with Gasteiger partial charge < -0.3 is 19.5 Å². The number of esters is 1. The average molecular weight is 377 g/mol. The van der Waals surface area contributed by atoms with Gasteiger partial charge >= 0.3 is 12.3 Å². The number of hydrogen-bond acceptors (Lipinski definition) is 5. The topological polar surface area (TPSA) is 56.8 Å². The molecule has 8 heteroatoms. The molecule has 0 saturated heterocycles. The Labute approximate surface area is 151 Å². The lowest BCUT2D eigenvalue weighted by molar-refractivity contribution is -0.274. The van der Waals surface area contributed by atoms with E-state index >= 15 is 0 Å². The van der Waals surface area contributed by atoms with Crippen molar-refractivity contribution in [2.45, 2.75) is 65.5 Å². The third-order valence-electron chi connectivity index (χ3n) is 2.85. The zero-order valence-corrected chi connectivity index (χ0v) is 15.9. The summed E-state index contributed by atoms with van der Waals surface area (Å²) in [4.78, 5) is 12.1. The number of benzene rings is 1. The van der Waals surface area contributed by atoms with Crippen LogP contribution < -0.4 is 10.1 Å². The number of hydrogen-bond donors (Lipinski definition) is 1. The van der Waals surface area contributed by atoms with Gasteiger partial charge in [-0.15, -0.1) is 13.2 Å². The molecular weight excluding hydrogens is 351 g/mol. The Kier molecular flexibility index (Phi) is 6.93. The van der Waals surface area contributed by atoms with Crippen molar-refractivity contribution in [2.24, 2.45) is 0 Å². The number of nitrogens with one attached hydrogen (secondary N) is 1. The Morgan fingerprint density at radius 2 is 1.65 bits per heavy atom. The standard InChI is InChI=1S/C18H26F3NO4/c1-16(2,3)24-11-22-15-12(10-14(23)26-17(4,5)6)8-7-9-13(15)25-18(19,20)21/h7-9,22H,10-11H2,1-6H3. The maximum atomic E-state index is 12.7. The third kappa shape index (κ3) is 8.94. The summed E-state index contributed by atoms with van der Waals surface area (Å²) < 4.78 is 52.8. The molecule has 0 fully saturated rings. The van der Waals surface area contributed by atoms with Crippen LogP contribution in [-0.4, -0.2) is 30.3 Å². The second-order valence-electron chi connectivity index (χ2n) is 7.68. The lowest BCUT2D eigenvalue weighted by atomic mass is 10.1. The Morgan fingerprint density at radius 1 is 1.04 bits per heavy atom. The normalized spacial score (nSPS) is 12.7. The zero-order valence-electron chi connectivity index (χ0n) is 15.9. The van der Waals surface area contributed by atoms with Gasteiger partial charge in [-0.3, -0.25) is 4.79 Å². The molecule has 0 atom stereocenters. The van der Waals surface area contributed by atoms with E-state index in [9.17, 15) is 18.0 Å². The molecule has 1 aromatic rings. The van der Waals surface area contributed by atoms with Crippen LogP contribution in [0.3, 0.4) is 0 Å². The maximum absolute atomic E-state index is 12.7. The van der Waals surface area contributed by atoms with Crippen molar-refractivity contribution in [1.29, 1.82) is 0 Å². The predicted octanol–water partition coefficient (Wildman–Crippen LogP) is 4.65. The molecule has 0 radical (unpaired) electrons. The summed E-state index contributed by atoms with van der Waals surface area (Å²) in [6, 6.07) is 4.09. The van der Waals surface area contributed by atoms with Gasteiger partial charge in [-0.05, 0) is 53.2 Å². The van der Waals surface area contributed by atoms with Gasteiger partial charge in [0.05, 0.1) is 17.7 Å². The van der Waals surface area contributed by atoms with Gasteiger partial charge in [-0.2, -0.15) is 0 Å². The largest absolute Gasteiger partial charge is 0.573 e. The molecule has 148 valence electrons. The molecule has 0 aliphatic carbocycles. The minimum atomic E-state index is -4.86. The van der Waals surface area contributed by atoms with Crippen molar-refractivity contribution >= 4 is 11.7 Å². The van der Waals surface area contributed by atoms with Crippen molar-refractivity contribution in [3.63, 3.8) is 0 Å². The van der Waals surface area contributed by atoms with Crippen LogP contribution in [0.5, 0.6) is 5.75 Å². The SMILES string of the molecule is CC(C)(C)OCNc1c(CC(=O)OC(C)(C)C)cccc1OC(F)(F)F. The van der Waals surface area contributed by atoms with Gasteiger partial charge in [-0.1, -0.05) is 12.1 Å². The fourth-order valence-electron chi connectivity index (χ4n) is 1.99. The molecule has 0 aliphatic rings. The minimum Gasteiger partial charge on any atom is -0.460 e. The Hall–Kier alpha value is -1.96. The van der Waals surface area contributed by atoms with Gasteiger partial charge in [0.25, 0.3) is 0 Å². The Morgan fingerprint density at radius 3 is 2.15 bits per heavy atom. The number of ether oxygens (including phenoxy) is 3. The quantitative estimate of drug-likeness (QED) is 0.577. The first-order chi connectivity index (χ1) is 11.7. The molecular formula is C18H26F3NO4. The summed E-state index contributed by atoms with van der Waals surface area (Å²) in [6.45, 7) is 10.5. The number of carbonyl (C=O) groups is 1. The molecule has 1 N–H and O–H groups in total. The van der Waals surface area contributed by atoms with Crippen molar-refractivity contribution in [3.05, 3.63) is 23.8 Å². The molecule has 0 unspecified atom stereocenters. The molecule has 0 aromatic heterocycles. The van der Waals surface area contributed by atoms with Gasteiger partial charge in [0.15, 0.2) is 5.75 Å². The van der Waals surface area contributed by atoms with Crippen LogP contribution in [0.2, 0.25) is 0 Å². The molecule has 1 rings (SSSR count). The van der Waals surface area contributed by atoms with Gasteiger partial charge in [0.1, 0.15) is 12.3 Å². The van der Waals surface area contributed by atoms with E-state index < -0.39 is 29.3 Å². The molecule has 0 aliphatic heterocycles. The predicted molar refractivity (Wildman–Crippen MR) is 92.0 cm³/mol. The Bertz CT molecular complexity index is 616. The first-order valence-corrected chi connectivity index (χ1v) is 8.14. The van der Waals surface area contributed by atoms with Crippen LogP contribution in [0.15, 0.2) is 18.2 Å². The number of para-hydroxylation sites is 1. The van der Waals surface area contributed by atoms with E-state index in [1.54, 1.807) is 20.8 Å². The third-order valence-corrected chi connectivity index (χ3v) is 2.85. The lowest BCUT2D eigenvalue weighted by Crippen LogP contribution is -2.26. The zero-order chi connectivity index (χ0) is 20.2. The fraction of sp³-hybridized carbons (Fsp3) is 0.611. The van der Waals surface area contributed by atoms with Crippen LogP contribution >= 0.6 is 0 Å². The molecule has 1 aromatic carbocycles. The first-order valence-electron chi connectivity index (χ1n) is 8.14. The van der Waals surface area contributed by atoms with Crippen LogP contribution in [0.1, 0.15) is 47.1 Å². The second kappa shape index (κ2) is 8.16. The highest BCUT2D eigenvalue weighted by molar-refractivity contribution is 5.77. The number of halogens is 3. The van der Waals surface area contributed by atoms with Crippen molar-refractivity contribution in [3.8, 4) is 5.75 Å². The van der Waals surface area contributed by atoms with Crippen molar-refractivity contribution < 1.29 is 32.2 Å². The molecule has 26 heavy (non-hydrogen) atoms. The van der Waals surface area contributed by atoms with E-state index in [1.165, 1.54) is 18.2 Å². The number of alkyl halides is 3. The number of rotatable bonds is 6. The van der Waals surface area contributed by atoms with Crippen LogP contribution in [0.25, 0.3) is 0 Å². The fourth-order valence-corrected chi connectivity index (χ4v) is 1.99. The highest BCUT2D eigenvalue weighted by atomic mass is 19.4. The van der Waals surface area contributed by atoms with Gasteiger partial charge in [0.2, 0.25) is 0 Å². The van der Waals surface area contributed by atoms with Crippen LogP contribution in [0.4, 0.5) is 18.9 Å². The van der Waals surface area contributed by atoms with E-state index in [0.29, 0.717) is 5.56 Å². The van der Waals surface area contributed by atoms with E-state index in [2.05, 4.69) is 10.1 Å². The van der Waals surface area contributed by atoms with Crippen LogP contribution in [-0.2, 0) is 20.7 Å². The highest BCUT2D eigenvalue weighted by Gasteiger charge is 2.33. The van der Waals surface area contributed by atoms with E-state index in [1.807, 2.05) is 20.8 Å². The first kappa shape index (κ1) is 22.1. The summed E-state index contributed by atoms with van der Waals surface area (Å²) in [6.07, 6.45) is -5.06. The summed E-state index contributed by atoms with van der Waals surface area (Å²) in [5.41, 5.74) is -0.823. The summed E-state index contributed by atoms with van der Waals surface area (Å²) >= 11 is 0. The smallest absolute Gasteiger partial charge is 0.460 e. The maximum Gasteiger partial charge on any atom is 0.573 e. The molecule has 0 heterocycles. The monoisotopic (exact) mass is 377 g/mol. The highest BCUT2D eigenvalue weighted by Crippen LogP contribution is 2.33. The second-order valence-corrected chi connectivity index (χ2v) is 7.68. The number of anilines is 1. The molecule has 0 saturated carbocycles. The average Bonchev–Trinajstić information content (AvgIpc) is 2.36. The Balaban J connectivity index is 3.06. The van der Waals surface area contributed by atoms with Crippen molar-refractivity contribution in [2.75, 3.05) is 12.0 Å². The molecule has 0 bridgehead atoms. The summed E-state index contributed by atoms with van der Waals surface area (Å²) in [5.74, 6) is -0.988. The minimum absolute atomic E-state index is 0.0416. The van der Waals surface area contributed by atoms with E-state index in [4.69, 9.17) is 9.47 Å². The number of carbonyl (C=O) groups excluding carboxylic acids is 1. The van der Waals surface area contributed by atoms with Gasteiger partial charge in [0, 0.05) is 0 Å².